The maximum absolute atomic E-state index is 11.9. The second kappa shape index (κ2) is 5.06. The number of amides is 1. The molecule has 0 aliphatic heterocycles. The van der Waals surface area contributed by atoms with Crippen LogP contribution in [0.15, 0.2) is 24.3 Å². The van der Waals surface area contributed by atoms with Crippen molar-refractivity contribution in [1.82, 2.24) is 4.90 Å². The number of nitrogens with two attached hydrogens (primary N) is 1. The van der Waals surface area contributed by atoms with Gasteiger partial charge in [-0.1, -0.05) is 12.0 Å². The molecule has 3 heteroatoms. The van der Waals surface area contributed by atoms with E-state index in [4.69, 9.17) is 12.2 Å². The molecule has 15 heavy (non-hydrogen) atoms. The van der Waals surface area contributed by atoms with Gasteiger partial charge in [0.2, 0.25) is 0 Å². The van der Waals surface area contributed by atoms with Gasteiger partial charge < -0.3 is 10.6 Å². The van der Waals surface area contributed by atoms with Crippen LogP contribution in [0.4, 0.5) is 5.69 Å². The number of terminal acetylenes is 1. The maximum Gasteiger partial charge on any atom is 0.254 e. The number of hydrogen-bond donors (Lipinski definition) is 1. The van der Waals surface area contributed by atoms with E-state index in [9.17, 15) is 4.79 Å². The molecule has 0 aromatic heterocycles. The van der Waals surface area contributed by atoms with Crippen LogP contribution in [0.5, 0.6) is 0 Å². The lowest BCUT2D eigenvalue weighted by Gasteiger charge is -2.17. The Hall–Kier alpha value is -1.95. The van der Waals surface area contributed by atoms with Gasteiger partial charge >= 0.3 is 0 Å². The van der Waals surface area contributed by atoms with E-state index in [1.165, 1.54) is 0 Å². The number of benzene rings is 1. The summed E-state index contributed by atoms with van der Waals surface area (Å²) in [5, 5.41) is 0. The van der Waals surface area contributed by atoms with Crippen LogP contribution < -0.4 is 5.73 Å². The van der Waals surface area contributed by atoms with Gasteiger partial charge in [-0.05, 0) is 25.1 Å². The summed E-state index contributed by atoms with van der Waals surface area (Å²) in [6, 6.07) is 6.89. The molecule has 0 radical (unpaired) electrons. The smallest absolute Gasteiger partial charge is 0.254 e. The highest BCUT2D eigenvalue weighted by Crippen LogP contribution is 2.09. The predicted molar refractivity (Wildman–Crippen MR) is 61.3 cm³/mol. The van der Waals surface area contributed by atoms with E-state index in [0.29, 0.717) is 24.3 Å². The van der Waals surface area contributed by atoms with Crippen molar-refractivity contribution in [1.29, 1.82) is 0 Å². The molecule has 78 valence electrons. The number of nitrogen functional groups attached to an aromatic ring is 1. The molecular formula is C12H14N2O. The molecule has 2 N–H and O–H groups in total. The Morgan fingerprint density at radius 2 is 2.33 bits per heavy atom. The predicted octanol–water partition coefficient (Wildman–Crippen LogP) is 1.36. The molecule has 0 heterocycles. The molecule has 0 spiro atoms. The van der Waals surface area contributed by atoms with E-state index in [1.807, 2.05) is 6.92 Å². The van der Waals surface area contributed by atoms with Crippen molar-refractivity contribution < 1.29 is 4.79 Å². The molecule has 0 bridgehead atoms. The Morgan fingerprint density at radius 3 is 2.87 bits per heavy atom. The summed E-state index contributed by atoms with van der Waals surface area (Å²) in [6.45, 7) is 2.81. The van der Waals surface area contributed by atoms with Gasteiger partial charge in [-0.25, -0.2) is 0 Å². The molecule has 1 rings (SSSR count). The molecule has 3 nitrogen and oxygen atoms in total. The lowest BCUT2D eigenvalue weighted by molar-refractivity contribution is 0.0785. The van der Waals surface area contributed by atoms with Gasteiger partial charge in [0.15, 0.2) is 0 Å². The summed E-state index contributed by atoms with van der Waals surface area (Å²) in [5.41, 5.74) is 6.76. The molecule has 0 fully saturated rings. The molecule has 0 aliphatic carbocycles. The number of nitrogens with zero attached hydrogens (tertiary/aromatic N) is 1. The second-order valence-corrected chi connectivity index (χ2v) is 3.15. The first kappa shape index (κ1) is 11.1. The van der Waals surface area contributed by atoms with E-state index in [0.717, 1.165) is 0 Å². The minimum absolute atomic E-state index is 0.0808. The minimum atomic E-state index is -0.0808. The Kier molecular flexibility index (Phi) is 3.75. The molecule has 1 aromatic rings. The SMILES string of the molecule is C#CCN(CC)C(=O)c1cccc(N)c1. The fourth-order valence-corrected chi connectivity index (χ4v) is 1.29. The number of carbonyl (C=O) groups is 1. The third-order valence-corrected chi connectivity index (χ3v) is 2.08. The van der Waals surface area contributed by atoms with Gasteiger partial charge in [0.1, 0.15) is 0 Å². The number of carbonyl (C=O) groups excluding carboxylic acids is 1. The van der Waals surface area contributed by atoms with E-state index in [2.05, 4.69) is 5.92 Å². The zero-order chi connectivity index (χ0) is 11.3. The van der Waals surface area contributed by atoms with Crippen LogP contribution in [0.3, 0.4) is 0 Å². The summed E-state index contributed by atoms with van der Waals surface area (Å²) in [4.78, 5) is 13.5. The summed E-state index contributed by atoms with van der Waals surface area (Å²) < 4.78 is 0. The second-order valence-electron chi connectivity index (χ2n) is 3.15. The highest BCUT2D eigenvalue weighted by atomic mass is 16.2. The van der Waals surface area contributed by atoms with Gasteiger partial charge in [-0.15, -0.1) is 6.42 Å². The van der Waals surface area contributed by atoms with Crippen molar-refractivity contribution in [3.8, 4) is 12.3 Å². The molecule has 0 atom stereocenters. The summed E-state index contributed by atoms with van der Waals surface area (Å²) in [7, 11) is 0. The van der Waals surface area contributed by atoms with E-state index < -0.39 is 0 Å². The highest BCUT2D eigenvalue weighted by molar-refractivity contribution is 5.95. The lowest BCUT2D eigenvalue weighted by Crippen LogP contribution is -2.31. The van der Waals surface area contributed by atoms with E-state index in [1.54, 1.807) is 29.2 Å². The average Bonchev–Trinajstić information content (AvgIpc) is 2.25. The first-order valence-electron chi connectivity index (χ1n) is 4.77. The quantitative estimate of drug-likeness (QED) is 0.594. The van der Waals surface area contributed by atoms with Crippen LogP contribution in [0.2, 0.25) is 0 Å². The number of hydrogen-bond acceptors (Lipinski definition) is 2. The van der Waals surface area contributed by atoms with Crippen molar-refractivity contribution in [2.75, 3.05) is 18.8 Å². The average molecular weight is 202 g/mol. The Labute approximate surface area is 89.9 Å². The van der Waals surface area contributed by atoms with Gasteiger partial charge in [0, 0.05) is 17.8 Å². The molecule has 0 aliphatic rings. The van der Waals surface area contributed by atoms with Gasteiger partial charge in [-0.3, -0.25) is 4.79 Å². The fraction of sp³-hybridized carbons (Fsp3) is 0.250. The zero-order valence-electron chi connectivity index (χ0n) is 8.73. The monoisotopic (exact) mass is 202 g/mol. The third kappa shape index (κ3) is 2.75. The topological polar surface area (TPSA) is 46.3 Å². The fourth-order valence-electron chi connectivity index (χ4n) is 1.29. The molecule has 1 aromatic carbocycles. The Bertz CT molecular complexity index is 393. The zero-order valence-corrected chi connectivity index (χ0v) is 8.73. The third-order valence-electron chi connectivity index (χ3n) is 2.08. The van der Waals surface area contributed by atoms with Gasteiger partial charge in [0.25, 0.3) is 5.91 Å². The van der Waals surface area contributed by atoms with Gasteiger partial charge in [0.05, 0.1) is 6.54 Å². The normalized spacial score (nSPS) is 9.33. The molecule has 1 amide bonds. The standard InChI is InChI=1S/C12H14N2O/c1-3-8-14(4-2)12(15)10-6-5-7-11(13)9-10/h1,5-7,9H,4,8,13H2,2H3. The molecular weight excluding hydrogens is 188 g/mol. The first-order chi connectivity index (χ1) is 7.19. The number of anilines is 1. The van der Waals surface area contributed by atoms with Crippen LogP contribution in [-0.2, 0) is 0 Å². The number of rotatable bonds is 3. The van der Waals surface area contributed by atoms with E-state index in [-0.39, 0.29) is 5.91 Å². The van der Waals surface area contributed by atoms with E-state index >= 15 is 0 Å². The van der Waals surface area contributed by atoms with Crippen molar-refractivity contribution in [2.45, 2.75) is 6.92 Å². The Balaban J connectivity index is 2.88. The lowest BCUT2D eigenvalue weighted by atomic mass is 10.2. The van der Waals surface area contributed by atoms with Crippen molar-refractivity contribution in [2.24, 2.45) is 0 Å². The van der Waals surface area contributed by atoms with Crippen LogP contribution in [0.25, 0.3) is 0 Å². The maximum atomic E-state index is 11.9. The van der Waals surface area contributed by atoms with Crippen molar-refractivity contribution in [3.63, 3.8) is 0 Å². The summed E-state index contributed by atoms with van der Waals surface area (Å²) in [5.74, 6) is 2.38. The van der Waals surface area contributed by atoms with Crippen molar-refractivity contribution in [3.05, 3.63) is 29.8 Å². The molecule has 0 saturated heterocycles. The van der Waals surface area contributed by atoms with Crippen LogP contribution in [0, 0.1) is 12.3 Å². The van der Waals surface area contributed by atoms with Crippen LogP contribution in [-0.4, -0.2) is 23.9 Å². The Morgan fingerprint density at radius 1 is 1.60 bits per heavy atom. The summed E-state index contributed by atoms with van der Waals surface area (Å²) in [6.07, 6.45) is 5.18. The largest absolute Gasteiger partial charge is 0.399 e. The van der Waals surface area contributed by atoms with Crippen molar-refractivity contribution >= 4 is 11.6 Å². The van der Waals surface area contributed by atoms with Crippen LogP contribution in [0.1, 0.15) is 17.3 Å². The van der Waals surface area contributed by atoms with Gasteiger partial charge in [-0.2, -0.15) is 0 Å². The highest BCUT2D eigenvalue weighted by Gasteiger charge is 2.12. The molecule has 0 unspecified atom stereocenters. The molecule has 0 saturated carbocycles. The first-order valence-corrected chi connectivity index (χ1v) is 4.77. The summed E-state index contributed by atoms with van der Waals surface area (Å²) >= 11 is 0. The van der Waals surface area contributed by atoms with Crippen LogP contribution >= 0.6 is 0 Å². The minimum Gasteiger partial charge on any atom is -0.399 e.